The second kappa shape index (κ2) is 8.79. The highest BCUT2D eigenvalue weighted by molar-refractivity contribution is 7.26. The predicted octanol–water partition coefficient (Wildman–Crippen LogP) is 9.66. The van der Waals surface area contributed by atoms with Gasteiger partial charge in [-0.1, -0.05) is 78.4 Å². The molecular formula is C34H24FNS. The maximum absolute atomic E-state index is 15.3. The zero-order valence-electron chi connectivity index (χ0n) is 24.0. The van der Waals surface area contributed by atoms with Crippen LogP contribution in [0.1, 0.15) is 22.2 Å². The minimum atomic E-state index is -2.66. The molecule has 0 unspecified atom stereocenters. The van der Waals surface area contributed by atoms with Crippen molar-refractivity contribution in [2.24, 2.45) is 0 Å². The van der Waals surface area contributed by atoms with Gasteiger partial charge in [0.15, 0.2) is 0 Å². The fourth-order valence-corrected chi connectivity index (χ4v) is 6.29. The Morgan fingerprint density at radius 2 is 1.62 bits per heavy atom. The molecule has 37 heavy (non-hydrogen) atoms. The number of rotatable bonds is 4. The van der Waals surface area contributed by atoms with Crippen LogP contribution in [0.25, 0.3) is 53.0 Å². The summed E-state index contributed by atoms with van der Waals surface area (Å²) in [5, 5.41) is 6.61. The van der Waals surface area contributed by atoms with Gasteiger partial charge < -0.3 is 0 Å². The van der Waals surface area contributed by atoms with Crippen molar-refractivity contribution in [2.75, 3.05) is 0 Å². The molecule has 178 valence electrons. The molecule has 0 spiro atoms. The second-order valence-electron chi connectivity index (χ2n) is 9.32. The van der Waals surface area contributed by atoms with Crippen LogP contribution in [0.4, 0.5) is 4.39 Å². The zero-order chi connectivity index (χ0) is 28.5. The van der Waals surface area contributed by atoms with E-state index in [1.165, 1.54) is 23.8 Å². The first kappa shape index (κ1) is 18.2. The third-order valence-corrected chi connectivity index (χ3v) is 8.01. The summed E-state index contributed by atoms with van der Waals surface area (Å²) < 4.78 is 52.4. The Morgan fingerprint density at radius 3 is 2.51 bits per heavy atom. The van der Waals surface area contributed by atoms with Crippen molar-refractivity contribution in [1.29, 1.82) is 0 Å². The molecular weight excluding hydrogens is 473 g/mol. The number of aryl methyl sites for hydroxylation is 3. The Morgan fingerprint density at radius 1 is 0.784 bits per heavy atom. The molecule has 1 nitrogen and oxygen atoms in total. The third kappa shape index (κ3) is 3.87. The highest BCUT2D eigenvalue weighted by Crippen LogP contribution is 2.45. The second-order valence-corrected chi connectivity index (χ2v) is 10.4. The van der Waals surface area contributed by atoms with Gasteiger partial charge in [-0.2, -0.15) is 0 Å². The van der Waals surface area contributed by atoms with Gasteiger partial charge in [0.25, 0.3) is 0 Å². The lowest BCUT2D eigenvalue weighted by molar-refractivity contribution is 0.602. The summed E-state index contributed by atoms with van der Waals surface area (Å²) in [7, 11) is 0. The highest BCUT2D eigenvalue weighted by Gasteiger charge is 2.17. The summed E-state index contributed by atoms with van der Waals surface area (Å²) in [4.78, 5) is 4.41. The molecule has 0 saturated carbocycles. The van der Waals surface area contributed by atoms with E-state index in [0.717, 1.165) is 53.5 Å². The average molecular weight is 502 g/mol. The largest absolute Gasteiger partial charge is 0.253 e. The molecule has 0 amide bonds. The Hall–Kier alpha value is -4.08. The quantitative estimate of drug-likeness (QED) is 0.234. The molecule has 0 N–H and O–H groups in total. The molecule has 5 aromatic carbocycles. The van der Waals surface area contributed by atoms with Crippen molar-refractivity contribution < 1.29 is 9.87 Å². The van der Waals surface area contributed by atoms with Crippen LogP contribution in [0, 0.1) is 12.7 Å². The third-order valence-electron chi connectivity index (χ3n) is 6.82. The van der Waals surface area contributed by atoms with E-state index < -0.39 is 18.6 Å². The van der Waals surface area contributed by atoms with E-state index in [4.69, 9.17) is 5.48 Å². The van der Waals surface area contributed by atoms with Gasteiger partial charge in [-0.3, -0.25) is 4.98 Å². The van der Waals surface area contributed by atoms with Gasteiger partial charge in [-0.25, -0.2) is 4.39 Å². The molecule has 3 heteroatoms. The minimum Gasteiger partial charge on any atom is -0.253 e. The van der Waals surface area contributed by atoms with Gasteiger partial charge in [0.05, 0.1) is 11.9 Å². The van der Waals surface area contributed by atoms with Gasteiger partial charge in [0, 0.05) is 31.2 Å². The average Bonchev–Trinajstić information content (AvgIpc) is 3.34. The van der Waals surface area contributed by atoms with Crippen LogP contribution in [0.5, 0.6) is 0 Å². The lowest BCUT2D eigenvalue weighted by atomic mass is 9.96. The number of fused-ring (bicyclic) bond motifs is 6. The summed E-state index contributed by atoms with van der Waals surface area (Å²) in [5.74, 6) is -0.881. The monoisotopic (exact) mass is 501 g/mol. The Balaban J connectivity index is 1.50. The maximum Gasteiger partial charge on any atom is 0.144 e. The highest BCUT2D eigenvalue weighted by atomic mass is 32.1. The molecule has 0 fully saturated rings. The lowest BCUT2D eigenvalue weighted by Gasteiger charge is -2.10. The normalized spacial score (nSPS) is 14.1. The van der Waals surface area contributed by atoms with Crippen molar-refractivity contribution in [1.82, 2.24) is 4.98 Å². The SMILES string of the molecule is [2H]C([2H])(c1ccccc1)C([2H])([2H])c1cc(-c2cc3ccccc3c3c2sc2cc4cc(C)ccc4cc23)ncc1F. The minimum absolute atomic E-state index is 0.141. The van der Waals surface area contributed by atoms with Crippen molar-refractivity contribution in [3.05, 3.63) is 126 Å². The number of thiophene rings is 1. The van der Waals surface area contributed by atoms with Gasteiger partial charge in [-0.15, -0.1) is 11.3 Å². The van der Waals surface area contributed by atoms with Crippen LogP contribution in [0.15, 0.2) is 103 Å². The zero-order valence-corrected chi connectivity index (χ0v) is 20.9. The molecule has 0 atom stereocenters. The standard InChI is InChI=1S/C34H24FNS/c1-21-11-13-23-16-29-32(19-26(23)15-21)37-34-28(17-24-9-5-6-10-27(24)33(29)34)31-18-25(30(35)20-36-31)14-12-22-7-3-2-4-8-22/h2-11,13,15-20H,12,14H2,1H3/i12D2,14D2. The Bertz CT molecular complexity index is 2140. The van der Waals surface area contributed by atoms with Crippen LogP contribution in [-0.4, -0.2) is 4.98 Å². The molecule has 0 saturated heterocycles. The number of hydrogen-bond donors (Lipinski definition) is 0. The first-order valence-electron chi connectivity index (χ1n) is 14.2. The maximum atomic E-state index is 15.3. The number of halogens is 1. The van der Waals surface area contributed by atoms with Crippen LogP contribution >= 0.6 is 11.3 Å². The van der Waals surface area contributed by atoms with Crippen molar-refractivity contribution >= 4 is 53.1 Å². The molecule has 2 heterocycles. The van der Waals surface area contributed by atoms with E-state index in [1.807, 2.05) is 24.3 Å². The molecule has 7 aromatic rings. The van der Waals surface area contributed by atoms with Crippen molar-refractivity contribution in [3.8, 4) is 11.3 Å². The summed E-state index contributed by atoms with van der Waals surface area (Å²) in [6.45, 7) is 2.08. The van der Waals surface area contributed by atoms with Crippen molar-refractivity contribution in [2.45, 2.75) is 19.7 Å². The molecule has 0 aliphatic rings. The number of benzene rings is 5. The van der Waals surface area contributed by atoms with E-state index in [1.54, 1.807) is 29.5 Å². The fourth-order valence-electron chi connectivity index (χ4n) is 5.02. The van der Waals surface area contributed by atoms with Crippen molar-refractivity contribution in [3.63, 3.8) is 0 Å². The first-order chi connectivity index (χ1) is 19.6. The molecule has 0 radical (unpaired) electrons. The number of pyridine rings is 1. The van der Waals surface area contributed by atoms with Gasteiger partial charge in [0.2, 0.25) is 0 Å². The van der Waals surface area contributed by atoms with Gasteiger partial charge in [-0.05, 0) is 76.6 Å². The first-order valence-corrected chi connectivity index (χ1v) is 13.0. The van der Waals surface area contributed by atoms with E-state index in [9.17, 15) is 0 Å². The van der Waals surface area contributed by atoms with Crippen LogP contribution in [-0.2, 0) is 12.7 Å². The summed E-state index contributed by atoms with van der Waals surface area (Å²) in [5.41, 5.74) is 2.13. The molecule has 2 aromatic heterocycles. The van der Waals surface area contributed by atoms with E-state index in [0.29, 0.717) is 5.69 Å². The topological polar surface area (TPSA) is 12.9 Å². The van der Waals surface area contributed by atoms with Crippen LogP contribution in [0.2, 0.25) is 0 Å². The number of hydrogen-bond acceptors (Lipinski definition) is 2. The Kier molecular flexibility index (Phi) is 4.33. The molecule has 0 bridgehead atoms. The summed E-state index contributed by atoms with van der Waals surface area (Å²) in [6, 6.07) is 30.4. The molecule has 0 aliphatic carbocycles. The number of aromatic nitrogens is 1. The molecule has 7 rings (SSSR count). The van der Waals surface area contributed by atoms with E-state index >= 15 is 4.39 Å². The van der Waals surface area contributed by atoms with Crippen LogP contribution in [0.3, 0.4) is 0 Å². The summed E-state index contributed by atoms with van der Waals surface area (Å²) in [6.07, 6.45) is -4.14. The smallest absolute Gasteiger partial charge is 0.144 e. The van der Waals surface area contributed by atoms with Gasteiger partial charge >= 0.3 is 0 Å². The van der Waals surface area contributed by atoms with Crippen LogP contribution < -0.4 is 0 Å². The predicted molar refractivity (Wildman–Crippen MR) is 156 cm³/mol. The lowest BCUT2D eigenvalue weighted by Crippen LogP contribution is -1.97. The summed E-state index contributed by atoms with van der Waals surface area (Å²) >= 11 is 1.64. The molecule has 0 aliphatic heterocycles. The van der Waals surface area contributed by atoms with E-state index in [-0.39, 0.29) is 11.1 Å². The van der Waals surface area contributed by atoms with E-state index in [2.05, 4.69) is 48.3 Å². The number of nitrogens with zero attached hydrogens (tertiary/aromatic N) is 1. The van der Waals surface area contributed by atoms with Gasteiger partial charge in [0.1, 0.15) is 5.82 Å². The fraction of sp³-hybridized carbons (Fsp3) is 0.0882. The Labute approximate surface area is 224 Å².